The molecule has 3 aromatic carbocycles. The van der Waals surface area contributed by atoms with Gasteiger partial charge in [0.15, 0.2) is 6.61 Å². The van der Waals surface area contributed by atoms with Crippen LogP contribution in [0.1, 0.15) is 19.4 Å². The number of amides is 4. The first-order valence-electron chi connectivity index (χ1n) is 12.8. The summed E-state index contributed by atoms with van der Waals surface area (Å²) >= 11 is 0. The van der Waals surface area contributed by atoms with Gasteiger partial charge in [0.2, 0.25) is 5.91 Å². The number of ether oxygens (including phenoxy) is 1. The highest BCUT2D eigenvalue weighted by molar-refractivity contribution is 5.99. The minimum atomic E-state index is -0.978. The van der Waals surface area contributed by atoms with Crippen LogP contribution in [0.2, 0.25) is 0 Å². The summed E-state index contributed by atoms with van der Waals surface area (Å²) in [7, 11) is 1.67. The minimum absolute atomic E-state index is 0.105. The molecule has 3 aromatic rings. The number of para-hydroxylation sites is 3. The summed E-state index contributed by atoms with van der Waals surface area (Å²) in [5.41, 5.74) is 2.17. The largest absolute Gasteiger partial charge is 0.482 e. The third kappa shape index (κ3) is 8.87. The Labute approximate surface area is 233 Å². The summed E-state index contributed by atoms with van der Waals surface area (Å²) in [5.74, 6) is -1.13. The normalized spacial score (nSPS) is 10.5. The summed E-state index contributed by atoms with van der Waals surface area (Å²) in [6, 6.07) is 22.0. The Kier molecular flexibility index (Phi) is 10.6. The number of carbonyl (C=O) groups excluding carboxylic acids is 3. The van der Waals surface area contributed by atoms with Gasteiger partial charge in [-0.25, -0.2) is 4.79 Å². The quantitative estimate of drug-likeness (QED) is 0.313. The second kappa shape index (κ2) is 14.3. The van der Waals surface area contributed by atoms with Gasteiger partial charge in [0.1, 0.15) is 5.75 Å². The molecule has 3 N–H and O–H groups in total. The van der Waals surface area contributed by atoms with Crippen LogP contribution in [-0.2, 0) is 20.8 Å². The monoisotopic (exact) mass is 546 g/mol. The van der Waals surface area contributed by atoms with Crippen LogP contribution in [0.15, 0.2) is 78.9 Å². The van der Waals surface area contributed by atoms with Crippen LogP contribution in [-0.4, -0.2) is 55.7 Å². The molecule has 0 fully saturated rings. The summed E-state index contributed by atoms with van der Waals surface area (Å²) in [6.45, 7) is 3.77. The van der Waals surface area contributed by atoms with E-state index in [1.54, 1.807) is 55.6 Å². The van der Waals surface area contributed by atoms with Crippen molar-refractivity contribution in [1.82, 2.24) is 5.32 Å². The van der Waals surface area contributed by atoms with Crippen LogP contribution < -0.4 is 25.2 Å². The molecule has 210 valence electrons. The van der Waals surface area contributed by atoms with E-state index in [1.165, 1.54) is 9.80 Å². The number of urea groups is 1. The summed E-state index contributed by atoms with van der Waals surface area (Å²) in [5, 5.41) is 14.2. The van der Waals surface area contributed by atoms with Crippen molar-refractivity contribution in [2.75, 3.05) is 41.9 Å². The number of carboxylic acid groups (broad SMARTS) is 1. The smallest absolute Gasteiger partial charge is 0.319 e. The number of nitrogens with one attached hydrogen (secondary N) is 2. The van der Waals surface area contributed by atoms with Crippen molar-refractivity contribution in [3.63, 3.8) is 0 Å². The van der Waals surface area contributed by atoms with E-state index in [-0.39, 0.29) is 37.3 Å². The molecule has 0 unspecified atom stereocenters. The fourth-order valence-corrected chi connectivity index (χ4v) is 3.89. The Morgan fingerprint density at radius 1 is 0.900 bits per heavy atom. The Morgan fingerprint density at radius 3 is 2.30 bits per heavy atom. The maximum Gasteiger partial charge on any atom is 0.319 e. The van der Waals surface area contributed by atoms with Gasteiger partial charge < -0.3 is 30.3 Å². The molecule has 0 aromatic heterocycles. The molecule has 0 saturated carbocycles. The lowest BCUT2D eigenvalue weighted by molar-refractivity contribution is -0.136. The zero-order valence-electron chi connectivity index (χ0n) is 22.8. The second-order valence-electron chi connectivity index (χ2n) is 9.52. The summed E-state index contributed by atoms with van der Waals surface area (Å²) in [6.07, 6.45) is -0.171. The van der Waals surface area contributed by atoms with Crippen LogP contribution in [0, 0.1) is 5.92 Å². The SMILES string of the molecule is CC(C)CN(C(=O)CNC(=O)Nc1cccc(CC(=O)O)c1)c1ccccc1OCC(=O)N(C)c1ccccc1. The highest BCUT2D eigenvalue weighted by Crippen LogP contribution is 2.29. The lowest BCUT2D eigenvalue weighted by atomic mass is 10.1. The number of hydrogen-bond donors (Lipinski definition) is 3. The standard InChI is InChI=1S/C30H34N4O6/c1-21(2)19-34(27(35)18-31-30(39)32-23-11-9-10-22(16-23)17-29(37)38)25-14-7-8-15-26(25)40-20-28(36)33(3)24-12-5-4-6-13-24/h4-16,21H,17-20H2,1-3H3,(H,37,38)(H2,31,32,39). The molecule has 0 aliphatic heterocycles. The Hall–Kier alpha value is -4.86. The molecule has 0 heterocycles. The summed E-state index contributed by atoms with van der Waals surface area (Å²) < 4.78 is 5.87. The molecule has 0 radical (unpaired) electrons. The topological polar surface area (TPSA) is 128 Å². The highest BCUT2D eigenvalue weighted by Gasteiger charge is 2.22. The average molecular weight is 547 g/mol. The van der Waals surface area contributed by atoms with E-state index in [4.69, 9.17) is 9.84 Å². The van der Waals surface area contributed by atoms with E-state index in [0.29, 0.717) is 29.2 Å². The average Bonchev–Trinajstić information content (AvgIpc) is 2.93. The van der Waals surface area contributed by atoms with E-state index >= 15 is 0 Å². The predicted molar refractivity (Wildman–Crippen MR) is 154 cm³/mol. The zero-order valence-corrected chi connectivity index (χ0v) is 22.8. The third-order valence-corrected chi connectivity index (χ3v) is 5.81. The van der Waals surface area contributed by atoms with E-state index in [1.807, 2.05) is 44.2 Å². The van der Waals surface area contributed by atoms with Gasteiger partial charge in [0.05, 0.1) is 18.7 Å². The molecular weight excluding hydrogens is 512 g/mol. The maximum absolute atomic E-state index is 13.3. The van der Waals surface area contributed by atoms with Crippen molar-refractivity contribution in [2.24, 2.45) is 5.92 Å². The van der Waals surface area contributed by atoms with Crippen molar-refractivity contribution >= 4 is 40.9 Å². The van der Waals surface area contributed by atoms with Crippen molar-refractivity contribution in [3.8, 4) is 5.75 Å². The van der Waals surface area contributed by atoms with Crippen molar-refractivity contribution in [2.45, 2.75) is 20.3 Å². The molecule has 3 rings (SSSR count). The molecule has 0 aliphatic carbocycles. The van der Waals surface area contributed by atoms with E-state index < -0.39 is 12.0 Å². The predicted octanol–water partition coefficient (Wildman–Crippen LogP) is 4.17. The molecule has 0 saturated heterocycles. The first-order chi connectivity index (χ1) is 19.1. The molecule has 0 aliphatic rings. The van der Waals surface area contributed by atoms with Crippen LogP contribution in [0.3, 0.4) is 0 Å². The van der Waals surface area contributed by atoms with Gasteiger partial charge in [-0.15, -0.1) is 0 Å². The van der Waals surface area contributed by atoms with Crippen molar-refractivity contribution in [3.05, 3.63) is 84.4 Å². The van der Waals surface area contributed by atoms with Gasteiger partial charge in [-0.2, -0.15) is 0 Å². The van der Waals surface area contributed by atoms with Gasteiger partial charge in [-0.3, -0.25) is 14.4 Å². The molecular formula is C30H34N4O6. The number of nitrogens with zero attached hydrogens (tertiary/aromatic N) is 2. The lowest BCUT2D eigenvalue weighted by Gasteiger charge is -2.27. The minimum Gasteiger partial charge on any atom is -0.482 e. The lowest BCUT2D eigenvalue weighted by Crippen LogP contribution is -2.43. The van der Waals surface area contributed by atoms with Crippen LogP contribution in [0.5, 0.6) is 5.75 Å². The maximum atomic E-state index is 13.3. The number of benzene rings is 3. The number of rotatable bonds is 12. The fourth-order valence-electron chi connectivity index (χ4n) is 3.89. The molecule has 10 heteroatoms. The Bertz CT molecular complexity index is 1330. The van der Waals surface area contributed by atoms with Crippen LogP contribution in [0.4, 0.5) is 21.9 Å². The van der Waals surface area contributed by atoms with E-state index in [0.717, 1.165) is 5.69 Å². The van der Waals surface area contributed by atoms with Gasteiger partial charge >= 0.3 is 12.0 Å². The highest BCUT2D eigenvalue weighted by atomic mass is 16.5. The molecule has 0 bridgehead atoms. The molecule has 40 heavy (non-hydrogen) atoms. The molecule has 4 amide bonds. The number of anilines is 3. The number of carbonyl (C=O) groups is 4. The summed E-state index contributed by atoms with van der Waals surface area (Å²) in [4.78, 5) is 52.5. The van der Waals surface area contributed by atoms with Gasteiger partial charge in [0, 0.05) is 25.0 Å². The fraction of sp³-hybridized carbons (Fsp3) is 0.267. The van der Waals surface area contributed by atoms with Crippen molar-refractivity contribution < 1.29 is 29.0 Å². The molecule has 0 atom stereocenters. The Balaban J connectivity index is 1.66. The van der Waals surface area contributed by atoms with Crippen molar-refractivity contribution in [1.29, 1.82) is 0 Å². The van der Waals surface area contributed by atoms with E-state index in [9.17, 15) is 19.2 Å². The first-order valence-corrected chi connectivity index (χ1v) is 12.8. The van der Waals surface area contributed by atoms with Crippen LogP contribution >= 0.6 is 0 Å². The number of aliphatic carboxylic acids is 1. The second-order valence-corrected chi connectivity index (χ2v) is 9.52. The van der Waals surface area contributed by atoms with Gasteiger partial charge in [0.25, 0.3) is 5.91 Å². The van der Waals surface area contributed by atoms with Gasteiger partial charge in [-0.05, 0) is 47.9 Å². The third-order valence-electron chi connectivity index (χ3n) is 5.81. The van der Waals surface area contributed by atoms with Crippen LogP contribution in [0.25, 0.3) is 0 Å². The number of hydrogen-bond acceptors (Lipinski definition) is 5. The first kappa shape index (κ1) is 29.7. The number of carboxylic acids is 1. The van der Waals surface area contributed by atoms with Gasteiger partial charge in [-0.1, -0.05) is 56.3 Å². The Morgan fingerprint density at radius 2 is 1.60 bits per heavy atom. The zero-order chi connectivity index (χ0) is 29.1. The number of likely N-dealkylation sites (N-methyl/N-ethyl adjacent to an activating group) is 1. The van der Waals surface area contributed by atoms with E-state index in [2.05, 4.69) is 10.6 Å². The molecule has 0 spiro atoms. The molecule has 10 nitrogen and oxygen atoms in total.